The molecule has 7 nitrogen and oxygen atoms in total. The van der Waals surface area contributed by atoms with Crippen LogP contribution in [0.25, 0.3) is 11.3 Å². The zero-order valence-electron chi connectivity index (χ0n) is 17.0. The molecule has 0 unspecified atom stereocenters. The summed E-state index contributed by atoms with van der Waals surface area (Å²) in [5, 5.41) is 19.6. The Kier molecular flexibility index (Phi) is 6.27. The van der Waals surface area contributed by atoms with Crippen LogP contribution in [0.2, 0.25) is 0 Å². The molecule has 2 aromatic carbocycles. The Balaban J connectivity index is 1.85. The van der Waals surface area contributed by atoms with E-state index in [4.69, 9.17) is 18.0 Å². The van der Waals surface area contributed by atoms with Gasteiger partial charge >= 0.3 is 5.97 Å². The van der Waals surface area contributed by atoms with Crippen LogP contribution >= 0.6 is 12.2 Å². The molecular formula is C22H23N5O2S. The maximum atomic E-state index is 11.2. The van der Waals surface area contributed by atoms with Gasteiger partial charge in [-0.15, -0.1) is 0 Å². The summed E-state index contributed by atoms with van der Waals surface area (Å²) >= 11 is 5.21. The van der Waals surface area contributed by atoms with E-state index < -0.39 is 5.97 Å². The fraction of sp³-hybridized carbons (Fsp3) is 0.182. The van der Waals surface area contributed by atoms with Crippen molar-refractivity contribution in [2.75, 3.05) is 5.01 Å². The van der Waals surface area contributed by atoms with Gasteiger partial charge in [0.2, 0.25) is 0 Å². The molecule has 3 rings (SSSR count). The Morgan fingerprint density at radius 2 is 1.90 bits per heavy atom. The molecule has 0 saturated heterocycles. The third-order valence-electron chi connectivity index (χ3n) is 4.62. The molecule has 0 saturated carbocycles. The number of hydrogen-bond donors (Lipinski definition) is 2. The number of hydrogen-bond acceptors (Lipinski definition) is 4. The van der Waals surface area contributed by atoms with Crippen molar-refractivity contribution in [2.24, 2.45) is 17.9 Å². The standard InChI is InChI=1S/C22H23N5O2S/c1-14(2)17-6-4-5-7-19(17)27(22(23)30)24-13-15-8-10-16(11-9-15)18-12-20(21(28)29)26(3)25-18/h4-14H,1-3H3,(H2,23,30)(H,28,29)/b24-13+. The number of nitrogens with two attached hydrogens (primary N) is 1. The summed E-state index contributed by atoms with van der Waals surface area (Å²) in [6.07, 6.45) is 1.68. The Labute approximate surface area is 180 Å². The number of carboxylic acid groups (broad SMARTS) is 1. The number of carbonyl (C=O) groups is 1. The highest BCUT2D eigenvalue weighted by Crippen LogP contribution is 2.27. The summed E-state index contributed by atoms with van der Waals surface area (Å²) in [4.78, 5) is 11.2. The van der Waals surface area contributed by atoms with Gasteiger partial charge in [-0.05, 0) is 41.4 Å². The Bertz CT molecular complexity index is 1100. The van der Waals surface area contributed by atoms with E-state index in [-0.39, 0.29) is 10.8 Å². The first-order valence-corrected chi connectivity index (χ1v) is 9.79. The number of aromatic nitrogens is 2. The van der Waals surface area contributed by atoms with Crippen molar-refractivity contribution in [2.45, 2.75) is 19.8 Å². The van der Waals surface area contributed by atoms with Crippen molar-refractivity contribution in [3.8, 4) is 11.3 Å². The molecule has 0 fully saturated rings. The Hall–Kier alpha value is -3.52. The minimum absolute atomic E-state index is 0.131. The van der Waals surface area contributed by atoms with Gasteiger partial charge in [0, 0.05) is 12.6 Å². The maximum absolute atomic E-state index is 11.2. The summed E-state index contributed by atoms with van der Waals surface area (Å²) in [5.41, 5.74) is 10.3. The van der Waals surface area contributed by atoms with Crippen LogP contribution in [-0.2, 0) is 7.05 Å². The van der Waals surface area contributed by atoms with Crippen molar-refractivity contribution >= 4 is 35.2 Å². The Morgan fingerprint density at radius 3 is 2.47 bits per heavy atom. The molecule has 0 spiro atoms. The van der Waals surface area contributed by atoms with Crippen LogP contribution in [0.15, 0.2) is 59.7 Å². The van der Waals surface area contributed by atoms with E-state index in [0.717, 1.165) is 22.4 Å². The summed E-state index contributed by atoms with van der Waals surface area (Å²) in [7, 11) is 1.60. The quantitative estimate of drug-likeness (QED) is 0.355. The lowest BCUT2D eigenvalue weighted by Gasteiger charge is -2.21. The van der Waals surface area contributed by atoms with Crippen LogP contribution in [0, 0.1) is 0 Å². The SMILES string of the molecule is CC(C)c1ccccc1N(/N=C/c1ccc(-c2cc(C(=O)O)n(C)n2)cc1)C(N)=S. The van der Waals surface area contributed by atoms with Crippen molar-refractivity contribution in [1.82, 2.24) is 9.78 Å². The highest BCUT2D eigenvalue weighted by Gasteiger charge is 2.15. The topological polar surface area (TPSA) is 96.7 Å². The van der Waals surface area contributed by atoms with Gasteiger partial charge in [-0.1, -0.05) is 56.3 Å². The number of para-hydroxylation sites is 1. The van der Waals surface area contributed by atoms with E-state index in [2.05, 4.69) is 24.0 Å². The second-order valence-corrected chi connectivity index (χ2v) is 7.49. The number of thiocarbonyl (C=S) groups is 1. The summed E-state index contributed by atoms with van der Waals surface area (Å²) in [6.45, 7) is 4.21. The van der Waals surface area contributed by atoms with E-state index in [0.29, 0.717) is 11.6 Å². The summed E-state index contributed by atoms with van der Waals surface area (Å²) < 4.78 is 1.35. The number of benzene rings is 2. The minimum atomic E-state index is -1.01. The van der Waals surface area contributed by atoms with Crippen molar-refractivity contribution in [1.29, 1.82) is 0 Å². The predicted molar refractivity (Wildman–Crippen MR) is 123 cm³/mol. The summed E-state index contributed by atoms with van der Waals surface area (Å²) in [6, 6.07) is 16.9. The molecule has 0 radical (unpaired) electrons. The molecule has 0 atom stereocenters. The van der Waals surface area contributed by atoms with Gasteiger partial charge < -0.3 is 10.8 Å². The minimum Gasteiger partial charge on any atom is -0.477 e. The van der Waals surface area contributed by atoms with Crippen molar-refractivity contribution < 1.29 is 9.90 Å². The summed E-state index contributed by atoms with van der Waals surface area (Å²) in [5.74, 6) is -0.721. The van der Waals surface area contributed by atoms with Gasteiger partial charge in [0.1, 0.15) is 5.69 Å². The molecule has 1 heterocycles. The molecule has 0 bridgehead atoms. The average molecular weight is 422 g/mol. The van der Waals surface area contributed by atoms with Crippen LogP contribution in [0.4, 0.5) is 5.69 Å². The van der Waals surface area contributed by atoms with E-state index in [1.807, 2.05) is 48.5 Å². The van der Waals surface area contributed by atoms with Crippen LogP contribution in [0.3, 0.4) is 0 Å². The first kappa shape index (κ1) is 21.2. The molecule has 154 valence electrons. The van der Waals surface area contributed by atoms with E-state index in [1.165, 1.54) is 4.68 Å². The van der Waals surface area contributed by atoms with Gasteiger partial charge in [0.25, 0.3) is 0 Å². The number of nitrogens with zero attached hydrogens (tertiary/aromatic N) is 4. The first-order valence-electron chi connectivity index (χ1n) is 9.38. The zero-order valence-corrected chi connectivity index (χ0v) is 17.8. The molecule has 0 aliphatic rings. The Morgan fingerprint density at radius 1 is 1.23 bits per heavy atom. The maximum Gasteiger partial charge on any atom is 0.354 e. The van der Waals surface area contributed by atoms with Gasteiger partial charge in [0.05, 0.1) is 17.6 Å². The molecule has 3 aromatic rings. The van der Waals surface area contributed by atoms with Crippen LogP contribution in [0.5, 0.6) is 0 Å². The smallest absolute Gasteiger partial charge is 0.354 e. The molecule has 30 heavy (non-hydrogen) atoms. The number of aryl methyl sites for hydroxylation is 1. The van der Waals surface area contributed by atoms with Crippen molar-refractivity contribution in [3.05, 3.63) is 71.4 Å². The monoisotopic (exact) mass is 421 g/mol. The van der Waals surface area contributed by atoms with Crippen molar-refractivity contribution in [3.63, 3.8) is 0 Å². The van der Waals surface area contributed by atoms with E-state index in [1.54, 1.807) is 24.3 Å². The third kappa shape index (κ3) is 4.55. The molecule has 3 N–H and O–H groups in total. The highest BCUT2D eigenvalue weighted by molar-refractivity contribution is 7.80. The number of hydrazone groups is 1. The number of rotatable bonds is 6. The highest BCUT2D eigenvalue weighted by atomic mass is 32.1. The second kappa shape index (κ2) is 8.87. The number of carboxylic acids is 1. The van der Waals surface area contributed by atoms with Gasteiger partial charge in [-0.2, -0.15) is 10.2 Å². The van der Waals surface area contributed by atoms with Crippen LogP contribution in [0.1, 0.15) is 41.4 Å². The predicted octanol–water partition coefficient (Wildman–Crippen LogP) is 3.99. The molecule has 0 aliphatic carbocycles. The second-order valence-electron chi connectivity index (χ2n) is 7.07. The zero-order chi connectivity index (χ0) is 21.8. The lowest BCUT2D eigenvalue weighted by atomic mass is 10.0. The van der Waals surface area contributed by atoms with Gasteiger partial charge in [-0.3, -0.25) is 4.68 Å². The molecular weight excluding hydrogens is 398 g/mol. The fourth-order valence-electron chi connectivity index (χ4n) is 3.08. The lowest BCUT2D eigenvalue weighted by Crippen LogP contribution is -2.31. The first-order chi connectivity index (χ1) is 14.3. The molecule has 8 heteroatoms. The molecule has 0 amide bonds. The lowest BCUT2D eigenvalue weighted by molar-refractivity contribution is 0.0685. The van der Waals surface area contributed by atoms with Crippen LogP contribution < -0.4 is 10.7 Å². The third-order valence-corrected chi connectivity index (χ3v) is 4.80. The van der Waals surface area contributed by atoms with Crippen LogP contribution in [-0.4, -0.2) is 32.2 Å². The number of aromatic carboxylic acids is 1. The largest absolute Gasteiger partial charge is 0.477 e. The fourth-order valence-corrected chi connectivity index (χ4v) is 3.22. The average Bonchev–Trinajstić information content (AvgIpc) is 3.10. The molecule has 1 aromatic heterocycles. The van der Waals surface area contributed by atoms with Gasteiger partial charge in [-0.25, -0.2) is 9.80 Å². The van der Waals surface area contributed by atoms with E-state index >= 15 is 0 Å². The molecule has 0 aliphatic heterocycles. The number of anilines is 1. The van der Waals surface area contributed by atoms with Gasteiger partial charge in [0.15, 0.2) is 5.11 Å². The normalized spacial score (nSPS) is 11.2. The van der Waals surface area contributed by atoms with E-state index in [9.17, 15) is 9.90 Å².